The maximum Gasteiger partial charge on any atom is 0.0517 e. The fourth-order valence-corrected chi connectivity index (χ4v) is 3.29. The molecule has 108 valence electrons. The number of rotatable bonds is 5. The van der Waals surface area contributed by atoms with Gasteiger partial charge in [0.1, 0.15) is 0 Å². The Kier molecular flexibility index (Phi) is 6.41. The molecule has 0 bridgehead atoms. The predicted molar refractivity (Wildman–Crippen MR) is 86.5 cm³/mol. The first-order valence-electron chi connectivity index (χ1n) is 7.44. The van der Waals surface area contributed by atoms with Crippen LogP contribution in [0.1, 0.15) is 25.7 Å². The van der Waals surface area contributed by atoms with E-state index in [0.717, 1.165) is 19.5 Å². The summed E-state index contributed by atoms with van der Waals surface area (Å²) in [6.07, 6.45) is 11.7. The van der Waals surface area contributed by atoms with E-state index < -0.39 is 0 Å². The molecular formula is C15H27N3S. The zero-order valence-electron chi connectivity index (χ0n) is 12.3. The number of allylic oxidation sites excluding steroid dienone is 1. The van der Waals surface area contributed by atoms with E-state index in [1.807, 2.05) is 11.8 Å². The molecule has 4 heteroatoms. The van der Waals surface area contributed by atoms with Gasteiger partial charge in [-0.05, 0) is 58.2 Å². The Bertz CT molecular complexity index is 319. The first-order chi connectivity index (χ1) is 9.28. The lowest BCUT2D eigenvalue weighted by Gasteiger charge is -2.29. The quantitative estimate of drug-likeness (QED) is 0.783. The highest BCUT2D eigenvalue weighted by Crippen LogP contribution is 2.19. The summed E-state index contributed by atoms with van der Waals surface area (Å²) in [5.41, 5.74) is 1.29. The van der Waals surface area contributed by atoms with Crippen LogP contribution in [0.5, 0.6) is 0 Å². The molecule has 1 atom stereocenters. The fourth-order valence-electron chi connectivity index (χ4n) is 2.70. The highest BCUT2D eigenvalue weighted by molar-refractivity contribution is 7.99. The van der Waals surface area contributed by atoms with E-state index in [9.17, 15) is 0 Å². The minimum atomic E-state index is 0.705. The van der Waals surface area contributed by atoms with Gasteiger partial charge in [0, 0.05) is 23.5 Å². The zero-order valence-corrected chi connectivity index (χ0v) is 13.1. The lowest BCUT2D eigenvalue weighted by Crippen LogP contribution is -2.41. The van der Waals surface area contributed by atoms with Crippen LogP contribution in [0.25, 0.3) is 0 Å². The summed E-state index contributed by atoms with van der Waals surface area (Å²) in [6.45, 7) is 4.41. The van der Waals surface area contributed by atoms with E-state index in [4.69, 9.17) is 4.99 Å². The van der Waals surface area contributed by atoms with Gasteiger partial charge >= 0.3 is 0 Å². The Labute approximate surface area is 121 Å². The van der Waals surface area contributed by atoms with Gasteiger partial charge in [0.05, 0.1) is 6.54 Å². The third-order valence-corrected chi connectivity index (χ3v) is 5.07. The Morgan fingerprint density at radius 2 is 2.16 bits per heavy atom. The average Bonchev–Trinajstić information content (AvgIpc) is 2.46. The van der Waals surface area contributed by atoms with Crippen LogP contribution in [0.15, 0.2) is 17.1 Å². The van der Waals surface area contributed by atoms with Crippen LogP contribution in [0.3, 0.4) is 0 Å². The van der Waals surface area contributed by atoms with Crippen LogP contribution in [0.2, 0.25) is 0 Å². The summed E-state index contributed by atoms with van der Waals surface area (Å²) in [5.74, 6) is 0. The van der Waals surface area contributed by atoms with Crippen LogP contribution < -0.4 is 5.32 Å². The molecule has 19 heavy (non-hydrogen) atoms. The number of hydrogen-bond donors (Lipinski definition) is 1. The van der Waals surface area contributed by atoms with Crippen molar-refractivity contribution in [3.05, 3.63) is 12.2 Å². The number of thioether (sulfide) groups is 1. The molecule has 0 radical (unpaired) electrons. The van der Waals surface area contributed by atoms with Gasteiger partial charge in [0.25, 0.3) is 0 Å². The minimum absolute atomic E-state index is 0.705. The molecule has 1 heterocycles. The van der Waals surface area contributed by atoms with E-state index in [1.165, 1.54) is 38.1 Å². The lowest BCUT2D eigenvalue weighted by molar-refractivity contribution is 0.236. The summed E-state index contributed by atoms with van der Waals surface area (Å²) in [5, 5.41) is 4.34. The van der Waals surface area contributed by atoms with Crippen molar-refractivity contribution in [2.24, 2.45) is 4.99 Å². The van der Waals surface area contributed by atoms with Gasteiger partial charge in [-0.15, -0.1) is 0 Å². The second-order valence-corrected chi connectivity index (χ2v) is 6.65. The summed E-state index contributed by atoms with van der Waals surface area (Å²) in [6, 6.07) is 0.708. The zero-order chi connectivity index (χ0) is 13.5. The molecule has 1 N–H and O–H groups in total. The molecule has 0 spiro atoms. The Balaban J connectivity index is 1.61. The summed E-state index contributed by atoms with van der Waals surface area (Å²) < 4.78 is 0. The normalized spacial score (nSPS) is 28.1. The number of likely N-dealkylation sites (tertiary alicyclic amines) is 1. The maximum absolute atomic E-state index is 4.70. The Morgan fingerprint density at radius 3 is 2.79 bits per heavy atom. The molecule has 2 aliphatic rings. The van der Waals surface area contributed by atoms with Crippen molar-refractivity contribution in [2.75, 3.05) is 39.5 Å². The van der Waals surface area contributed by atoms with Crippen LogP contribution in [-0.2, 0) is 0 Å². The fraction of sp³-hybridized carbons (Fsp3) is 0.800. The van der Waals surface area contributed by atoms with E-state index in [-0.39, 0.29) is 0 Å². The van der Waals surface area contributed by atoms with Crippen molar-refractivity contribution in [3.63, 3.8) is 0 Å². The molecule has 0 aromatic rings. The molecule has 0 amide bonds. The molecule has 0 aromatic heterocycles. The lowest BCUT2D eigenvalue weighted by atomic mass is 10.1. The molecule has 1 aliphatic carbocycles. The summed E-state index contributed by atoms with van der Waals surface area (Å²) in [7, 11) is 2.21. The van der Waals surface area contributed by atoms with Gasteiger partial charge in [-0.1, -0.05) is 6.08 Å². The molecular weight excluding hydrogens is 254 g/mol. The topological polar surface area (TPSA) is 27.6 Å². The first-order valence-corrected chi connectivity index (χ1v) is 8.73. The first kappa shape index (κ1) is 15.1. The molecule has 0 aromatic carbocycles. The molecule has 1 unspecified atom stereocenters. The number of piperidine rings is 1. The van der Waals surface area contributed by atoms with Crippen LogP contribution in [-0.4, -0.2) is 61.4 Å². The van der Waals surface area contributed by atoms with Crippen LogP contribution in [0, 0.1) is 0 Å². The summed E-state index contributed by atoms with van der Waals surface area (Å²) in [4.78, 5) is 7.11. The SMILES string of the molecule is CSC1C=CC(=NCCNC2CCN(C)CC2)CC1. The second kappa shape index (κ2) is 8.08. The van der Waals surface area contributed by atoms with Gasteiger partial charge in [-0.3, -0.25) is 4.99 Å². The maximum atomic E-state index is 4.70. The smallest absolute Gasteiger partial charge is 0.0517 e. The van der Waals surface area contributed by atoms with Crippen LogP contribution >= 0.6 is 11.8 Å². The number of nitrogens with zero attached hydrogens (tertiary/aromatic N) is 2. The summed E-state index contributed by atoms with van der Waals surface area (Å²) >= 11 is 1.94. The van der Waals surface area contributed by atoms with E-state index in [2.05, 4.69) is 35.7 Å². The van der Waals surface area contributed by atoms with E-state index in [1.54, 1.807) is 0 Å². The molecule has 0 saturated carbocycles. The largest absolute Gasteiger partial charge is 0.312 e. The van der Waals surface area contributed by atoms with Crippen LogP contribution in [0.4, 0.5) is 0 Å². The monoisotopic (exact) mass is 281 g/mol. The van der Waals surface area contributed by atoms with Crippen molar-refractivity contribution in [2.45, 2.75) is 37.0 Å². The van der Waals surface area contributed by atoms with Crippen molar-refractivity contribution in [1.29, 1.82) is 0 Å². The second-order valence-electron chi connectivity index (χ2n) is 5.58. The highest BCUT2D eigenvalue weighted by Gasteiger charge is 2.15. The van der Waals surface area contributed by atoms with E-state index in [0.29, 0.717) is 11.3 Å². The highest BCUT2D eigenvalue weighted by atomic mass is 32.2. The van der Waals surface area contributed by atoms with E-state index >= 15 is 0 Å². The van der Waals surface area contributed by atoms with Gasteiger partial charge in [-0.2, -0.15) is 11.8 Å². The molecule has 1 aliphatic heterocycles. The standard InChI is InChI=1S/C15H27N3S/c1-18-11-7-14(8-12-18)17-10-9-16-13-3-5-15(19-2)6-4-13/h3,5,14-15,17H,4,6-12H2,1-2H3. The number of hydrogen-bond acceptors (Lipinski definition) is 4. The molecule has 3 nitrogen and oxygen atoms in total. The van der Waals surface area contributed by atoms with Gasteiger partial charge in [0.2, 0.25) is 0 Å². The van der Waals surface area contributed by atoms with Crippen molar-refractivity contribution in [1.82, 2.24) is 10.2 Å². The third kappa shape index (κ3) is 5.28. The van der Waals surface area contributed by atoms with Crippen molar-refractivity contribution in [3.8, 4) is 0 Å². The minimum Gasteiger partial charge on any atom is -0.312 e. The average molecular weight is 281 g/mol. The van der Waals surface area contributed by atoms with Gasteiger partial charge in [0.15, 0.2) is 0 Å². The number of nitrogens with one attached hydrogen (secondary N) is 1. The Hall–Kier alpha value is -0.320. The molecule has 2 rings (SSSR count). The predicted octanol–water partition coefficient (Wildman–Crippen LogP) is 2.19. The number of aliphatic imine (C=N–C) groups is 1. The molecule has 1 fully saturated rings. The third-order valence-electron chi connectivity index (χ3n) is 4.07. The van der Waals surface area contributed by atoms with Gasteiger partial charge in [-0.25, -0.2) is 0 Å². The van der Waals surface area contributed by atoms with Crippen molar-refractivity contribution < 1.29 is 0 Å². The Morgan fingerprint density at radius 1 is 1.37 bits per heavy atom. The van der Waals surface area contributed by atoms with Gasteiger partial charge < -0.3 is 10.2 Å². The van der Waals surface area contributed by atoms with Crippen molar-refractivity contribution >= 4 is 17.5 Å². The molecule has 1 saturated heterocycles.